The first-order valence-corrected chi connectivity index (χ1v) is 4.89. The lowest BCUT2D eigenvalue weighted by atomic mass is 9.96. The van der Waals surface area contributed by atoms with Gasteiger partial charge >= 0.3 is 5.97 Å². The molecule has 0 radical (unpaired) electrons. The number of hydrogen-bond acceptors (Lipinski definition) is 3. The topological polar surface area (TPSA) is 81.1 Å². The molecule has 1 aromatic heterocycles. The summed E-state index contributed by atoms with van der Waals surface area (Å²) in [6.07, 6.45) is -0.0224. The Morgan fingerprint density at radius 2 is 2.33 bits per heavy atom. The van der Waals surface area contributed by atoms with Crippen LogP contribution in [0.4, 0.5) is 0 Å². The molecule has 3 N–H and O–H groups in total. The first-order valence-electron chi connectivity index (χ1n) is 4.89. The van der Waals surface area contributed by atoms with E-state index in [4.69, 9.17) is 10.8 Å². The standard InChI is InChI=1S/C10H17N3O2/c1-6-4-9(13(3)12-6)7(2)8(11)5-10(14)15/h4,7-8H,5,11H2,1-3H3,(H,14,15). The van der Waals surface area contributed by atoms with Crippen molar-refractivity contribution in [1.82, 2.24) is 9.78 Å². The average molecular weight is 211 g/mol. The number of aliphatic carboxylic acids is 1. The van der Waals surface area contributed by atoms with Gasteiger partial charge in [-0.25, -0.2) is 0 Å². The lowest BCUT2D eigenvalue weighted by Crippen LogP contribution is -2.30. The molecule has 0 bridgehead atoms. The molecule has 0 aromatic carbocycles. The molecule has 1 aromatic rings. The highest BCUT2D eigenvalue weighted by Crippen LogP contribution is 2.20. The van der Waals surface area contributed by atoms with Crippen LogP contribution < -0.4 is 5.73 Å². The Bertz CT molecular complexity index is 360. The van der Waals surface area contributed by atoms with E-state index >= 15 is 0 Å². The van der Waals surface area contributed by atoms with Crippen molar-refractivity contribution in [3.8, 4) is 0 Å². The van der Waals surface area contributed by atoms with Gasteiger partial charge in [0.2, 0.25) is 0 Å². The van der Waals surface area contributed by atoms with E-state index < -0.39 is 5.97 Å². The number of carbonyl (C=O) groups is 1. The zero-order chi connectivity index (χ0) is 11.6. The van der Waals surface area contributed by atoms with Crippen LogP contribution in [0.15, 0.2) is 6.07 Å². The summed E-state index contributed by atoms with van der Waals surface area (Å²) in [6, 6.07) is 1.56. The molecule has 1 rings (SSSR count). The number of carboxylic acid groups (broad SMARTS) is 1. The summed E-state index contributed by atoms with van der Waals surface area (Å²) in [4.78, 5) is 10.5. The number of nitrogens with zero attached hydrogens (tertiary/aromatic N) is 2. The number of aryl methyl sites for hydroxylation is 2. The fourth-order valence-corrected chi connectivity index (χ4v) is 1.65. The second kappa shape index (κ2) is 4.44. The van der Waals surface area contributed by atoms with Crippen LogP contribution >= 0.6 is 0 Å². The molecule has 0 amide bonds. The monoisotopic (exact) mass is 211 g/mol. The summed E-state index contributed by atoms with van der Waals surface area (Å²) in [5.41, 5.74) is 7.70. The predicted molar refractivity (Wildman–Crippen MR) is 56.6 cm³/mol. The molecule has 2 unspecified atom stereocenters. The van der Waals surface area contributed by atoms with Crippen LogP contribution in [-0.2, 0) is 11.8 Å². The van der Waals surface area contributed by atoms with Gasteiger partial charge in [0.05, 0.1) is 12.1 Å². The van der Waals surface area contributed by atoms with Crippen molar-refractivity contribution < 1.29 is 9.90 Å². The molecule has 0 spiro atoms. The first-order chi connectivity index (χ1) is 6.91. The van der Waals surface area contributed by atoms with Gasteiger partial charge in [-0.15, -0.1) is 0 Å². The summed E-state index contributed by atoms with van der Waals surface area (Å²) in [5, 5.41) is 12.9. The summed E-state index contributed by atoms with van der Waals surface area (Å²) >= 11 is 0. The number of rotatable bonds is 4. The summed E-state index contributed by atoms with van der Waals surface area (Å²) < 4.78 is 1.75. The van der Waals surface area contributed by atoms with Crippen molar-refractivity contribution >= 4 is 5.97 Å². The van der Waals surface area contributed by atoms with Gasteiger partial charge in [0.1, 0.15) is 0 Å². The van der Waals surface area contributed by atoms with Crippen LogP contribution in [0.2, 0.25) is 0 Å². The summed E-state index contributed by atoms with van der Waals surface area (Å²) in [5.74, 6) is -0.874. The normalized spacial score (nSPS) is 14.9. The van der Waals surface area contributed by atoms with Crippen LogP contribution in [-0.4, -0.2) is 26.9 Å². The number of nitrogens with two attached hydrogens (primary N) is 1. The van der Waals surface area contributed by atoms with Crippen molar-refractivity contribution in [2.24, 2.45) is 12.8 Å². The Morgan fingerprint density at radius 1 is 1.73 bits per heavy atom. The second-order valence-electron chi connectivity index (χ2n) is 3.88. The van der Waals surface area contributed by atoms with Crippen molar-refractivity contribution in [1.29, 1.82) is 0 Å². The maximum absolute atomic E-state index is 10.5. The number of aromatic nitrogens is 2. The van der Waals surface area contributed by atoms with Crippen LogP contribution in [0.5, 0.6) is 0 Å². The smallest absolute Gasteiger partial charge is 0.304 e. The minimum atomic E-state index is -0.867. The van der Waals surface area contributed by atoms with Gasteiger partial charge in [0, 0.05) is 24.7 Å². The van der Waals surface area contributed by atoms with E-state index in [0.29, 0.717) is 0 Å². The molecule has 0 saturated heterocycles. The maximum Gasteiger partial charge on any atom is 0.304 e. The summed E-state index contributed by atoms with van der Waals surface area (Å²) in [6.45, 7) is 3.82. The van der Waals surface area contributed by atoms with E-state index in [1.54, 1.807) is 4.68 Å². The van der Waals surface area contributed by atoms with E-state index in [-0.39, 0.29) is 18.4 Å². The summed E-state index contributed by atoms with van der Waals surface area (Å²) in [7, 11) is 1.84. The highest BCUT2D eigenvalue weighted by atomic mass is 16.4. The first kappa shape index (κ1) is 11.7. The molecule has 0 aliphatic heterocycles. The molecule has 15 heavy (non-hydrogen) atoms. The van der Waals surface area contributed by atoms with E-state index in [2.05, 4.69) is 5.10 Å². The van der Waals surface area contributed by atoms with Gasteiger partial charge in [-0.05, 0) is 13.0 Å². The van der Waals surface area contributed by atoms with E-state index in [0.717, 1.165) is 11.4 Å². The Hall–Kier alpha value is -1.36. The van der Waals surface area contributed by atoms with Gasteiger partial charge < -0.3 is 10.8 Å². The lowest BCUT2D eigenvalue weighted by Gasteiger charge is -2.18. The third kappa shape index (κ3) is 2.79. The SMILES string of the molecule is Cc1cc(C(C)C(N)CC(=O)O)n(C)n1. The van der Waals surface area contributed by atoms with Gasteiger partial charge in [-0.3, -0.25) is 9.48 Å². The van der Waals surface area contributed by atoms with E-state index in [9.17, 15) is 4.79 Å². The van der Waals surface area contributed by atoms with Crippen LogP contribution in [0.1, 0.15) is 30.7 Å². The third-order valence-corrected chi connectivity index (χ3v) is 2.56. The molecule has 2 atom stereocenters. The molecule has 1 heterocycles. The van der Waals surface area contributed by atoms with Gasteiger partial charge in [-0.2, -0.15) is 5.10 Å². The zero-order valence-corrected chi connectivity index (χ0v) is 9.27. The molecule has 0 aliphatic carbocycles. The molecule has 5 nitrogen and oxygen atoms in total. The minimum absolute atomic E-state index is 0.00713. The molecule has 0 aliphatic rings. The quantitative estimate of drug-likeness (QED) is 0.765. The van der Waals surface area contributed by atoms with Gasteiger partial charge in [0.15, 0.2) is 0 Å². The second-order valence-corrected chi connectivity index (χ2v) is 3.88. The fraction of sp³-hybridized carbons (Fsp3) is 0.600. The molecule has 5 heteroatoms. The third-order valence-electron chi connectivity index (χ3n) is 2.56. The Balaban J connectivity index is 2.79. The van der Waals surface area contributed by atoms with Crippen molar-refractivity contribution in [2.75, 3.05) is 0 Å². The van der Waals surface area contributed by atoms with Crippen molar-refractivity contribution in [3.63, 3.8) is 0 Å². The minimum Gasteiger partial charge on any atom is -0.481 e. The van der Waals surface area contributed by atoms with Gasteiger partial charge in [0.25, 0.3) is 0 Å². The van der Waals surface area contributed by atoms with Crippen LogP contribution in [0.25, 0.3) is 0 Å². The van der Waals surface area contributed by atoms with Crippen molar-refractivity contribution in [3.05, 3.63) is 17.5 Å². The van der Waals surface area contributed by atoms with Crippen molar-refractivity contribution in [2.45, 2.75) is 32.2 Å². The Labute approximate surface area is 88.9 Å². The van der Waals surface area contributed by atoms with E-state index in [1.807, 2.05) is 27.0 Å². The molecule has 0 fully saturated rings. The average Bonchev–Trinajstić information content (AvgIpc) is 2.42. The number of hydrogen-bond donors (Lipinski definition) is 2. The molecule has 84 valence electrons. The van der Waals surface area contributed by atoms with Crippen LogP contribution in [0.3, 0.4) is 0 Å². The van der Waals surface area contributed by atoms with Crippen LogP contribution in [0, 0.1) is 6.92 Å². The number of carboxylic acids is 1. The maximum atomic E-state index is 10.5. The Kier molecular flexibility index (Phi) is 3.47. The molecule has 0 saturated carbocycles. The van der Waals surface area contributed by atoms with Gasteiger partial charge in [-0.1, -0.05) is 6.92 Å². The Morgan fingerprint density at radius 3 is 2.73 bits per heavy atom. The lowest BCUT2D eigenvalue weighted by molar-refractivity contribution is -0.137. The predicted octanol–water partition coefficient (Wildman–Crippen LogP) is 0.634. The van der Waals surface area contributed by atoms with E-state index in [1.165, 1.54) is 0 Å². The largest absolute Gasteiger partial charge is 0.481 e. The molecular formula is C10H17N3O2. The fourth-order valence-electron chi connectivity index (χ4n) is 1.65. The highest BCUT2D eigenvalue weighted by molar-refractivity contribution is 5.67. The molecular weight excluding hydrogens is 194 g/mol. The zero-order valence-electron chi connectivity index (χ0n) is 9.27. The highest BCUT2D eigenvalue weighted by Gasteiger charge is 2.20.